The van der Waals surface area contributed by atoms with Gasteiger partial charge in [-0.3, -0.25) is 4.79 Å². The van der Waals surface area contributed by atoms with E-state index in [1.54, 1.807) is 6.92 Å². The molecule has 0 heterocycles. The maximum absolute atomic E-state index is 10.7. The van der Waals surface area contributed by atoms with Crippen LogP contribution in [0.4, 0.5) is 0 Å². The zero-order valence-corrected chi connectivity index (χ0v) is 6.85. The first-order valence-corrected chi connectivity index (χ1v) is 3.47. The summed E-state index contributed by atoms with van der Waals surface area (Å²) in [5.74, 6) is -0.506. The van der Waals surface area contributed by atoms with E-state index in [0.29, 0.717) is 6.61 Å². The van der Waals surface area contributed by atoms with Gasteiger partial charge in [0.1, 0.15) is 6.07 Å². The molecule has 0 aliphatic carbocycles. The van der Waals surface area contributed by atoms with Crippen molar-refractivity contribution in [3.8, 4) is 0 Å². The van der Waals surface area contributed by atoms with E-state index < -0.39 is 0 Å². The zero-order chi connectivity index (χ0) is 7.98. The van der Waals surface area contributed by atoms with Crippen LogP contribution in [0.3, 0.4) is 0 Å². The molecule has 10 heavy (non-hydrogen) atoms. The normalized spacial score (nSPS) is 12.7. The van der Waals surface area contributed by atoms with Gasteiger partial charge in [-0.1, -0.05) is 11.6 Å². The fraction of sp³-hybridized carbons (Fsp3) is 0.833. The Morgan fingerprint density at radius 3 is 2.70 bits per heavy atom. The quantitative estimate of drug-likeness (QED) is 0.462. The van der Waals surface area contributed by atoms with Crippen molar-refractivity contribution in [3.05, 3.63) is 0 Å². The molecular formula is C6H11ClO3. The maximum Gasteiger partial charge on any atom is 0.310 e. The van der Waals surface area contributed by atoms with Crippen molar-refractivity contribution in [3.63, 3.8) is 0 Å². The summed E-state index contributed by atoms with van der Waals surface area (Å²) in [5, 5.41) is 0. The highest BCUT2D eigenvalue weighted by molar-refractivity contribution is 6.17. The summed E-state index contributed by atoms with van der Waals surface area (Å²) in [7, 11) is 1.35. The van der Waals surface area contributed by atoms with E-state index in [0.717, 1.165) is 0 Å². The fourth-order valence-electron chi connectivity index (χ4n) is 0.491. The molecule has 0 fully saturated rings. The maximum atomic E-state index is 10.7. The number of ether oxygens (including phenoxy) is 2. The van der Waals surface area contributed by atoms with Gasteiger partial charge in [0.05, 0.1) is 19.6 Å². The Kier molecular flexibility index (Phi) is 5.35. The van der Waals surface area contributed by atoms with E-state index in [-0.39, 0.29) is 18.0 Å². The van der Waals surface area contributed by atoms with Gasteiger partial charge in [0.15, 0.2) is 0 Å². The number of carbonyl (C=O) groups excluding carboxylic acids is 1. The molecule has 0 bridgehead atoms. The van der Waals surface area contributed by atoms with Crippen molar-refractivity contribution < 1.29 is 14.3 Å². The molecule has 0 saturated heterocycles. The zero-order valence-electron chi connectivity index (χ0n) is 6.09. The third kappa shape index (κ3) is 3.69. The largest absolute Gasteiger partial charge is 0.469 e. The topological polar surface area (TPSA) is 35.5 Å². The molecule has 0 unspecified atom stereocenters. The molecule has 0 saturated carbocycles. The Morgan fingerprint density at radius 1 is 1.70 bits per heavy atom. The third-order valence-corrected chi connectivity index (χ3v) is 1.20. The summed E-state index contributed by atoms with van der Waals surface area (Å²) < 4.78 is 9.23. The van der Waals surface area contributed by atoms with E-state index in [2.05, 4.69) is 4.74 Å². The summed E-state index contributed by atoms with van der Waals surface area (Å²) in [6, 6.07) is 0.112. The van der Waals surface area contributed by atoms with Gasteiger partial charge in [-0.05, 0) is 6.92 Å². The fourth-order valence-corrected chi connectivity index (χ4v) is 0.580. The van der Waals surface area contributed by atoms with Crippen LogP contribution in [0.15, 0.2) is 0 Å². The highest BCUT2D eigenvalue weighted by Crippen LogP contribution is 1.98. The van der Waals surface area contributed by atoms with Gasteiger partial charge in [0, 0.05) is 0 Å². The van der Waals surface area contributed by atoms with Gasteiger partial charge < -0.3 is 9.47 Å². The highest BCUT2D eigenvalue weighted by Gasteiger charge is 2.11. The number of hydrogen-bond acceptors (Lipinski definition) is 3. The Labute approximate surface area is 65.3 Å². The number of methoxy groups -OCH3 is 1. The van der Waals surface area contributed by atoms with E-state index in [1.807, 2.05) is 0 Å². The Bertz CT molecular complexity index is 105. The number of hydrogen-bond donors (Lipinski definition) is 0. The first-order chi connectivity index (χ1) is 4.72. The second kappa shape index (κ2) is 5.50. The number of esters is 1. The lowest BCUT2D eigenvalue weighted by Gasteiger charge is -2.06. The monoisotopic (exact) mass is 166 g/mol. The summed E-state index contributed by atoms with van der Waals surface area (Å²) in [4.78, 5) is 10.7. The lowest BCUT2D eigenvalue weighted by molar-refractivity contribution is -0.146. The van der Waals surface area contributed by atoms with Crippen LogP contribution in [-0.4, -0.2) is 25.8 Å². The van der Waals surface area contributed by atoms with E-state index in [9.17, 15) is 4.79 Å². The number of halogens is 1. The summed E-state index contributed by atoms with van der Waals surface area (Å²) >= 11 is 5.22. The molecule has 0 N–H and O–H groups in total. The molecule has 0 amide bonds. The lowest BCUT2D eigenvalue weighted by Crippen LogP contribution is -2.17. The van der Waals surface area contributed by atoms with Crippen LogP contribution in [-0.2, 0) is 14.3 Å². The standard InChI is InChI=1S/C6H11ClO3/c1-5(3-10-4-7)6(8)9-2/h5H,3-4H2,1-2H3/t5-/m0/s1. The third-order valence-electron chi connectivity index (χ3n) is 1.05. The molecular weight excluding hydrogens is 156 g/mol. The van der Waals surface area contributed by atoms with Gasteiger partial charge in [0.25, 0.3) is 0 Å². The van der Waals surface area contributed by atoms with Crippen molar-refractivity contribution >= 4 is 17.6 Å². The summed E-state index contributed by atoms with van der Waals surface area (Å²) in [5.41, 5.74) is 0. The van der Waals surface area contributed by atoms with Gasteiger partial charge >= 0.3 is 5.97 Å². The van der Waals surface area contributed by atoms with Gasteiger partial charge in [-0.25, -0.2) is 0 Å². The smallest absolute Gasteiger partial charge is 0.310 e. The Balaban J connectivity index is 3.41. The molecule has 0 aromatic rings. The number of rotatable bonds is 4. The Hall–Kier alpha value is -0.280. The van der Waals surface area contributed by atoms with Crippen molar-refractivity contribution in [1.29, 1.82) is 0 Å². The van der Waals surface area contributed by atoms with Crippen LogP contribution in [0.1, 0.15) is 6.92 Å². The molecule has 0 spiro atoms. The summed E-state index contributed by atoms with van der Waals surface area (Å²) in [6.07, 6.45) is 0. The molecule has 0 aliphatic rings. The van der Waals surface area contributed by atoms with E-state index >= 15 is 0 Å². The molecule has 3 nitrogen and oxygen atoms in total. The van der Waals surface area contributed by atoms with E-state index in [1.165, 1.54) is 7.11 Å². The van der Waals surface area contributed by atoms with Crippen LogP contribution < -0.4 is 0 Å². The molecule has 0 aromatic heterocycles. The lowest BCUT2D eigenvalue weighted by atomic mass is 10.2. The van der Waals surface area contributed by atoms with Crippen LogP contribution >= 0.6 is 11.6 Å². The average molecular weight is 167 g/mol. The molecule has 0 aliphatic heterocycles. The molecule has 4 heteroatoms. The van der Waals surface area contributed by atoms with Crippen LogP contribution in [0.25, 0.3) is 0 Å². The molecule has 1 atom stereocenters. The van der Waals surface area contributed by atoms with Crippen molar-refractivity contribution in [1.82, 2.24) is 0 Å². The first-order valence-electron chi connectivity index (χ1n) is 2.94. The van der Waals surface area contributed by atoms with Crippen LogP contribution in [0.2, 0.25) is 0 Å². The molecule has 0 aromatic carbocycles. The number of carbonyl (C=O) groups is 1. The van der Waals surface area contributed by atoms with Crippen molar-refractivity contribution in [2.24, 2.45) is 5.92 Å². The minimum atomic E-state index is -0.273. The van der Waals surface area contributed by atoms with Gasteiger partial charge in [-0.15, -0.1) is 0 Å². The average Bonchev–Trinajstić information content (AvgIpc) is 1.98. The molecule has 60 valence electrons. The predicted molar refractivity (Wildman–Crippen MR) is 37.9 cm³/mol. The SMILES string of the molecule is COC(=O)[C@@H](C)COCCl. The molecule has 0 radical (unpaired) electrons. The van der Waals surface area contributed by atoms with Crippen LogP contribution in [0, 0.1) is 5.92 Å². The van der Waals surface area contributed by atoms with Crippen LogP contribution in [0.5, 0.6) is 0 Å². The second-order valence-corrected chi connectivity index (χ2v) is 2.12. The van der Waals surface area contributed by atoms with Crippen molar-refractivity contribution in [2.75, 3.05) is 19.8 Å². The minimum absolute atomic E-state index is 0.112. The van der Waals surface area contributed by atoms with Gasteiger partial charge in [-0.2, -0.15) is 0 Å². The molecule has 0 rings (SSSR count). The second-order valence-electron chi connectivity index (χ2n) is 1.90. The number of alkyl halides is 1. The van der Waals surface area contributed by atoms with E-state index in [4.69, 9.17) is 16.3 Å². The highest BCUT2D eigenvalue weighted by atomic mass is 35.5. The Morgan fingerprint density at radius 2 is 2.30 bits per heavy atom. The van der Waals surface area contributed by atoms with Gasteiger partial charge in [0.2, 0.25) is 0 Å². The van der Waals surface area contributed by atoms with Crippen molar-refractivity contribution in [2.45, 2.75) is 6.92 Å². The first kappa shape index (κ1) is 9.72. The predicted octanol–water partition coefficient (Wildman–Crippen LogP) is 1.01. The minimum Gasteiger partial charge on any atom is -0.469 e. The summed E-state index contributed by atoms with van der Waals surface area (Å²) in [6.45, 7) is 2.04.